The molecule has 0 aliphatic rings. The molecule has 2 heterocycles. The van der Waals surface area contributed by atoms with E-state index in [2.05, 4.69) is 28.2 Å². The number of nitrogens with zero attached hydrogens (tertiary/aromatic N) is 2. The molecule has 100 valence electrons. The lowest BCUT2D eigenvalue weighted by Crippen LogP contribution is -1.92. The second-order valence-electron chi connectivity index (χ2n) is 4.92. The fourth-order valence-electron chi connectivity index (χ4n) is 2.60. The molecular weight excluding hydrogens is 264 g/mol. The largest absolute Gasteiger partial charge is 0.254 e. The summed E-state index contributed by atoms with van der Waals surface area (Å²) in [6.07, 6.45) is 8.05. The van der Waals surface area contributed by atoms with Gasteiger partial charge < -0.3 is 0 Å². The van der Waals surface area contributed by atoms with Crippen LogP contribution < -0.4 is 0 Å². The molecule has 3 rings (SSSR count). The van der Waals surface area contributed by atoms with Crippen LogP contribution in [0.1, 0.15) is 24.8 Å². The van der Waals surface area contributed by atoms with Gasteiger partial charge in [0.2, 0.25) is 0 Å². The number of thiocarbonyl (C=S) groups is 1. The molecule has 0 aliphatic carbocycles. The van der Waals surface area contributed by atoms with Crippen LogP contribution in [0.3, 0.4) is 0 Å². The summed E-state index contributed by atoms with van der Waals surface area (Å²) < 4.78 is 0. The monoisotopic (exact) mass is 280 g/mol. The third kappa shape index (κ3) is 2.54. The van der Waals surface area contributed by atoms with Crippen LogP contribution in [0.2, 0.25) is 0 Å². The summed E-state index contributed by atoms with van der Waals surface area (Å²) in [5.74, 6) is 0. The summed E-state index contributed by atoms with van der Waals surface area (Å²) in [6, 6.07) is 10.5. The predicted molar refractivity (Wildman–Crippen MR) is 88.3 cm³/mol. The van der Waals surface area contributed by atoms with Gasteiger partial charge in [-0.2, -0.15) is 0 Å². The molecule has 0 radical (unpaired) electrons. The van der Waals surface area contributed by atoms with Crippen LogP contribution in [0.15, 0.2) is 42.7 Å². The Morgan fingerprint density at radius 1 is 1.00 bits per heavy atom. The van der Waals surface area contributed by atoms with Crippen molar-refractivity contribution in [2.24, 2.45) is 0 Å². The Morgan fingerprint density at radius 2 is 1.80 bits per heavy atom. The van der Waals surface area contributed by atoms with E-state index in [1.54, 1.807) is 0 Å². The van der Waals surface area contributed by atoms with Gasteiger partial charge in [0.05, 0.1) is 11.0 Å². The number of rotatable bonds is 5. The maximum atomic E-state index is 4.88. The second-order valence-corrected chi connectivity index (χ2v) is 5.26. The van der Waals surface area contributed by atoms with Gasteiger partial charge in [0.15, 0.2) is 0 Å². The van der Waals surface area contributed by atoms with Crippen LogP contribution in [-0.2, 0) is 6.42 Å². The van der Waals surface area contributed by atoms with Crippen molar-refractivity contribution < 1.29 is 0 Å². The summed E-state index contributed by atoms with van der Waals surface area (Å²) in [4.78, 5) is 9.01. The Kier molecular flexibility index (Phi) is 3.97. The molecule has 0 fully saturated rings. The molecule has 1 aromatic carbocycles. The molecular formula is C17H16N2S. The van der Waals surface area contributed by atoms with Crippen LogP contribution in [0.5, 0.6) is 0 Å². The standard InChI is InChI=1S/C17H16N2S/c20-11-3-1-2-6-13-12-14-7-4-9-18-16(14)17-15(13)8-5-10-19-17/h4-5,7-12H,1-3,6H2. The van der Waals surface area contributed by atoms with Crippen LogP contribution in [-0.4, -0.2) is 15.3 Å². The molecule has 0 amide bonds. The Labute approximate surface area is 123 Å². The second kappa shape index (κ2) is 6.06. The molecule has 0 saturated carbocycles. The highest BCUT2D eigenvalue weighted by Crippen LogP contribution is 2.26. The Hall–Kier alpha value is -1.87. The average molecular weight is 280 g/mol. The maximum Gasteiger partial charge on any atom is 0.0967 e. The van der Waals surface area contributed by atoms with Gasteiger partial charge in [-0.15, -0.1) is 0 Å². The van der Waals surface area contributed by atoms with E-state index >= 15 is 0 Å². The molecule has 2 aromatic heterocycles. The minimum absolute atomic E-state index is 0.991. The van der Waals surface area contributed by atoms with Crippen LogP contribution in [0.25, 0.3) is 21.8 Å². The van der Waals surface area contributed by atoms with E-state index in [0.717, 1.165) is 36.7 Å². The first kappa shape index (κ1) is 13.1. The summed E-state index contributed by atoms with van der Waals surface area (Å²) in [5, 5.41) is 4.22. The van der Waals surface area contributed by atoms with E-state index in [9.17, 15) is 0 Å². The fraction of sp³-hybridized carbons (Fsp3) is 0.235. The van der Waals surface area contributed by atoms with Gasteiger partial charge in [-0.05, 0) is 54.8 Å². The van der Waals surface area contributed by atoms with Crippen LogP contribution >= 0.6 is 12.2 Å². The van der Waals surface area contributed by atoms with Crippen LogP contribution in [0, 0.1) is 0 Å². The zero-order valence-electron chi connectivity index (χ0n) is 11.2. The van der Waals surface area contributed by atoms with E-state index in [4.69, 9.17) is 12.2 Å². The van der Waals surface area contributed by atoms with Gasteiger partial charge in [-0.25, -0.2) is 0 Å². The van der Waals surface area contributed by atoms with Crippen molar-refractivity contribution in [3.05, 3.63) is 48.3 Å². The minimum atomic E-state index is 0.991. The predicted octanol–water partition coefficient (Wildman–Crippen LogP) is 4.50. The van der Waals surface area contributed by atoms with E-state index in [1.807, 2.05) is 29.9 Å². The maximum absolute atomic E-state index is 4.88. The smallest absolute Gasteiger partial charge is 0.0967 e. The molecule has 2 nitrogen and oxygen atoms in total. The van der Waals surface area contributed by atoms with Gasteiger partial charge in [-0.3, -0.25) is 9.97 Å². The highest BCUT2D eigenvalue weighted by molar-refractivity contribution is 7.78. The lowest BCUT2D eigenvalue weighted by molar-refractivity contribution is 0.772. The Balaban J connectivity index is 2.07. The van der Waals surface area contributed by atoms with E-state index in [0.29, 0.717) is 0 Å². The third-order valence-corrected chi connectivity index (χ3v) is 3.80. The van der Waals surface area contributed by atoms with E-state index in [1.165, 1.54) is 16.3 Å². The summed E-state index contributed by atoms with van der Waals surface area (Å²) in [7, 11) is 0. The first-order chi connectivity index (χ1) is 9.90. The molecule has 0 atom stereocenters. The molecule has 0 spiro atoms. The molecule has 3 heteroatoms. The number of pyridine rings is 2. The van der Waals surface area contributed by atoms with Crippen LogP contribution in [0.4, 0.5) is 0 Å². The number of aromatic nitrogens is 2. The molecule has 0 bridgehead atoms. The number of aryl methyl sites for hydroxylation is 1. The van der Waals surface area contributed by atoms with E-state index in [-0.39, 0.29) is 0 Å². The van der Waals surface area contributed by atoms with E-state index < -0.39 is 0 Å². The lowest BCUT2D eigenvalue weighted by Gasteiger charge is -2.08. The molecule has 0 saturated heterocycles. The molecule has 0 unspecified atom stereocenters. The summed E-state index contributed by atoms with van der Waals surface area (Å²) in [6.45, 7) is 0. The minimum Gasteiger partial charge on any atom is -0.254 e. The SMILES string of the molecule is S=CCCCCc1cc2cccnc2c2ncccc12. The number of fused-ring (bicyclic) bond motifs is 3. The highest BCUT2D eigenvalue weighted by atomic mass is 32.1. The zero-order chi connectivity index (χ0) is 13.8. The normalized spacial score (nSPS) is 11.0. The average Bonchev–Trinajstić information content (AvgIpc) is 2.51. The van der Waals surface area contributed by atoms with Gasteiger partial charge in [-0.1, -0.05) is 24.4 Å². The van der Waals surface area contributed by atoms with Gasteiger partial charge >= 0.3 is 0 Å². The first-order valence-electron chi connectivity index (χ1n) is 6.95. The van der Waals surface area contributed by atoms with Crippen molar-refractivity contribution in [2.45, 2.75) is 25.7 Å². The van der Waals surface area contributed by atoms with Crippen molar-refractivity contribution in [2.75, 3.05) is 0 Å². The van der Waals surface area contributed by atoms with Gasteiger partial charge in [0.1, 0.15) is 0 Å². The Bertz CT molecular complexity index is 752. The molecule has 20 heavy (non-hydrogen) atoms. The fourth-order valence-corrected chi connectivity index (χ4v) is 2.77. The van der Waals surface area contributed by atoms with Crippen molar-refractivity contribution in [3.8, 4) is 0 Å². The van der Waals surface area contributed by atoms with Crippen molar-refractivity contribution in [1.82, 2.24) is 9.97 Å². The number of hydrogen-bond acceptors (Lipinski definition) is 3. The molecule has 0 aliphatic heterocycles. The molecule has 0 N–H and O–H groups in total. The zero-order valence-corrected chi connectivity index (χ0v) is 12.1. The summed E-state index contributed by atoms with van der Waals surface area (Å²) >= 11 is 4.88. The van der Waals surface area contributed by atoms with Crippen molar-refractivity contribution in [3.63, 3.8) is 0 Å². The van der Waals surface area contributed by atoms with Gasteiger partial charge in [0.25, 0.3) is 0 Å². The number of benzene rings is 1. The Morgan fingerprint density at radius 3 is 2.65 bits per heavy atom. The van der Waals surface area contributed by atoms with Crippen molar-refractivity contribution >= 4 is 39.4 Å². The van der Waals surface area contributed by atoms with Gasteiger partial charge in [0, 0.05) is 23.2 Å². The lowest BCUT2D eigenvalue weighted by atomic mass is 9.99. The van der Waals surface area contributed by atoms with Crippen molar-refractivity contribution in [1.29, 1.82) is 0 Å². The number of unbranched alkanes of at least 4 members (excludes halogenated alkanes) is 2. The highest BCUT2D eigenvalue weighted by Gasteiger charge is 2.07. The topological polar surface area (TPSA) is 25.8 Å². The molecule has 3 aromatic rings. The first-order valence-corrected chi connectivity index (χ1v) is 7.42. The third-order valence-electron chi connectivity index (χ3n) is 3.56. The summed E-state index contributed by atoms with van der Waals surface area (Å²) in [5.41, 5.74) is 3.36. The number of hydrogen-bond donors (Lipinski definition) is 0. The quantitative estimate of drug-likeness (QED) is 0.391.